The van der Waals surface area contributed by atoms with Crippen molar-refractivity contribution in [1.82, 2.24) is 20.9 Å². The maximum Gasteiger partial charge on any atom is 0.406 e. The highest BCUT2D eigenvalue weighted by Gasteiger charge is 2.51. The SMILES string of the molecule is CNC[C@H](CC12CC3CC(CC(C3)C1)C2)NC(=O)N1CCC[C@@H]([C@@H](OCCNC(=O)OC)c2cccc(F)c2)C1. The van der Waals surface area contributed by atoms with Crippen molar-refractivity contribution < 1.29 is 23.5 Å². The van der Waals surface area contributed by atoms with Crippen LogP contribution in [0.25, 0.3) is 0 Å². The number of benzene rings is 1. The number of carbonyl (C=O) groups is 2. The van der Waals surface area contributed by atoms with Crippen LogP contribution < -0.4 is 16.0 Å². The van der Waals surface area contributed by atoms with Gasteiger partial charge in [0, 0.05) is 38.1 Å². The lowest BCUT2D eigenvalue weighted by atomic mass is 9.48. The van der Waals surface area contributed by atoms with Gasteiger partial charge in [0.25, 0.3) is 0 Å². The quantitative estimate of drug-likeness (QED) is 0.338. The number of likely N-dealkylation sites (N-methyl/N-ethyl adjacent to an activating group) is 1. The number of nitrogens with one attached hydrogen (secondary N) is 3. The minimum absolute atomic E-state index is 0.0139. The molecule has 8 nitrogen and oxygen atoms in total. The summed E-state index contributed by atoms with van der Waals surface area (Å²) in [5.41, 5.74) is 1.14. The molecule has 1 saturated heterocycles. The lowest BCUT2D eigenvalue weighted by molar-refractivity contribution is -0.0615. The minimum Gasteiger partial charge on any atom is -0.453 e. The van der Waals surface area contributed by atoms with E-state index in [9.17, 15) is 14.0 Å². The van der Waals surface area contributed by atoms with E-state index in [4.69, 9.17) is 4.74 Å². The fourth-order valence-electron chi connectivity index (χ4n) is 8.79. The molecule has 40 heavy (non-hydrogen) atoms. The molecule has 222 valence electrons. The molecule has 4 bridgehead atoms. The van der Waals surface area contributed by atoms with Crippen molar-refractivity contribution in [3.8, 4) is 0 Å². The number of carbonyl (C=O) groups excluding carboxylic acids is 2. The number of methoxy groups -OCH3 is 1. The van der Waals surface area contributed by atoms with E-state index < -0.39 is 6.09 Å². The molecule has 3 amide bonds. The zero-order valence-corrected chi connectivity index (χ0v) is 24.1. The van der Waals surface area contributed by atoms with Crippen LogP contribution in [0.4, 0.5) is 14.0 Å². The van der Waals surface area contributed by atoms with Crippen LogP contribution in [0, 0.1) is 34.9 Å². The molecule has 3 N–H and O–H groups in total. The van der Waals surface area contributed by atoms with Gasteiger partial charge in [-0.15, -0.1) is 0 Å². The molecule has 0 unspecified atom stereocenters. The number of piperidine rings is 1. The second-order valence-electron chi connectivity index (χ2n) is 12.9. The Labute approximate surface area is 238 Å². The summed E-state index contributed by atoms with van der Waals surface area (Å²) in [6, 6.07) is 6.58. The molecule has 0 aromatic heterocycles. The maximum absolute atomic E-state index is 14.2. The Bertz CT molecular complexity index is 988. The Balaban J connectivity index is 1.21. The highest BCUT2D eigenvalue weighted by atomic mass is 19.1. The van der Waals surface area contributed by atoms with Gasteiger partial charge in [-0.25, -0.2) is 14.0 Å². The van der Waals surface area contributed by atoms with Crippen LogP contribution in [0.15, 0.2) is 24.3 Å². The molecule has 9 heteroatoms. The second kappa shape index (κ2) is 13.1. The van der Waals surface area contributed by atoms with Gasteiger partial charge in [0.2, 0.25) is 0 Å². The first-order chi connectivity index (χ1) is 19.4. The van der Waals surface area contributed by atoms with E-state index in [1.54, 1.807) is 6.07 Å². The predicted octanol–water partition coefficient (Wildman–Crippen LogP) is 4.86. The average Bonchev–Trinajstić information content (AvgIpc) is 2.92. The molecule has 3 atom stereocenters. The predicted molar refractivity (Wildman–Crippen MR) is 151 cm³/mol. The number of hydrogen-bond acceptors (Lipinski definition) is 5. The van der Waals surface area contributed by atoms with Crippen LogP contribution in [-0.2, 0) is 9.47 Å². The molecular weight excluding hydrogens is 511 g/mol. The summed E-state index contributed by atoms with van der Waals surface area (Å²) in [6.07, 6.45) is 10.2. The number of amides is 3. The molecule has 4 saturated carbocycles. The van der Waals surface area contributed by atoms with Gasteiger partial charge in [-0.05, 0) is 106 Å². The average molecular weight is 559 g/mol. The fourth-order valence-corrected chi connectivity index (χ4v) is 8.79. The molecule has 1 aromatic rings. The minimum atomic E-state index is -0.518. The summed E-state index contributed by atoms with van der Waals surface area (Å²) in [4.78, 5) is 27.0. The van der Waals surface area contributed by atoms with Gasteiger partial charge in [-0.3, -0.25) is 0 Å². The summed E-state index contributed by atoms with van der Waals surface area (Å²) in [6.45, 7) is 2.56. The molecule has 1 aliphatic heterocycles. The van der Waals surface area contributed by atoms with Gasteiger partial charge in [0.05, 0.1) is 19.8 Å². The Kier molecular flexibility index (Phi) is 9.51. The van der Waals surface area contributed by atoms with E-state index in [0.29, 0.717) is 18.5 Å². The third-order valence-electron chi connectivity index (χ3n) is 9.83. The topological polar surface area (TPSA) is 91.9 Å². The molecule has 4 aliphatic carbocycles. The summed E-state index contributed by atoms with van der Waals surface area (Å²) >= 11 is 0. The summed E-state index contributed by atoms with van der Waals surface area (Å²) in [7, 11) is 3.28. The third-order valence-corrected chi connectivity index (χ3v) is 9.83. The Morgan fingerprint density at radius 3 is 2.52 bits per heavy atom. The van der Waals surface area contributed by atoms with E-state index in [0.717, 1.165) is 49.1 Å². The Morgan fingerprint density at radius 1 is 1.15 bits per heavy atom. The number of rotatable bonds is 11. The second-order valence-corrected chi connectivity index (χ2v) is 12.9. The smallest absolute Gasteiger partial charge is 0.406 e. The van der Waals surface area contributed by atoms with Crippen molar-refractivity contribution in [3.05, 3.63) is 35.6 Å². The molecule has 0 spiro atoms. The zero-order valence-electron chi connectivity index (χ0n) is 24.1. The van der Waals surface area contributed by atoms with Crippen molar-refractivity contribution >= 4 is 12.1 Å². The normalized spacial score (nSPS) is 30.5. The molecule has 1 aromatic carbocycles. The van der Waals surface area contributed by atoms with Crippen molar-refractivity contribution in [2.45, 2.75) is 69.9 Å². The van der Waals surface area contributed by atoms with Crippen molar-refractivity contribution in [2.24, 2.45) is 29.1 Å². The van der Waals surface area contributed by atoms with E-state index >= 15 is 0 Å². The number of alkyl carbamates (subject to hydrolysis) is 1. The van der Waals surface area contributed by atoms with Gasteiger partial charge in [0.1, 0.15) is 5.82 Å². The number of ether oxygens (including phenoxy) is 2. The first kappa shape index (κ1) is 29.1. The Hall–Kier alpha value is -2.39. The Morgan fingerprint density at radius 2 is 1.88 bits per heavy atom. The number of urea groups is 1. The number of halogens is 1. The highest BCUT2D eigenvalue weighted by Crippen LogP contribution is 2.61. The number of hydrogen-bond donors (Lipinski definition) is 3. The number of likely N-dealkylation sites (tertiary alicyclic amines) is 1. The zero-order chi connectivity index (χ0) is 28.1. The molecule has 0 radical (unpaired) electrons. The van der Waals surface area contributed by atoms with Crippen LogP contribution in [0.2, 0.25) is 0 Å². The third kappa shape index (κ3) is 7.08. The van der Waals surface area contributed by atoms with Crippen LogP contribution >= 0.6 is 0 Å². The first-order valence-corrected chi connectivity index (χ1v) is 15.3. The largest absolute Gasteiger partial charge is 0.453 e. The summed E-state index contributed by atoms with van der Waals surface area (Å²) in [5, 5.41) is 9.36. The summed E-state index contributed by atoms with van der Waals surface area (Å²) < 4.78 is 25.0. The van der Waals surface area contributed by atoms with Crippen molar-refractivity contribution in [2.75, 3.05) is 46.9 Å². The lowest BCUT2D eigenvalue weighted by Gasteiger charge is -2.57. The number of nitrogens with zero attached hydrogens (tertiary/aromatic N) is 1. The fraction of sp³-hybridized carbons (Fsp3) is 0.742. The molecule has 5 aliphatic rings. The van der Waals surface area contributed by atoms with Crippen LogP contribution in [0.5, 0.6) is 0 Å². The monoisotopic (exact) mass is 558 g/mol. The highest BCUT2D eigenvalue weighted by molar-refractivity contribution is 5.74. The van der Waals surface area contributed by atoms with E-state index in [-0.39, 0.29) is 43.1 Å². The van der Waals surface area contributed by atoms with E-state index in [1.165, 1.54) is 57.8 Å². The van der Waals surface area contributed by atoms with E-state index in [2.05, 4.69) is 20.7 Å². The standard InChI is InChI=1S/C31H47FN4O4/c1-33-19-27(18-31-15-21-11-22(16-31)13-23(12-21)17-31)35-29(37)36-9-4-6-25(20-36)28(24-5-3-7-26(32)14-24)40-10-8-34-30(38)39-2/h3,5,7,14,21-23,25,27-28,33H,4,6,8-13,15-20H2,1-2H3,(H,34,38)(H,35,37)/t21?,22?,23?,25-,27+,28+,31?/m1/s1. The van der Waals surface area contributed by atoms with Crippen LogP contribution in [0.3, 0.4) is 0 Å². The van der Waals surface area contributed by atoms with Crippen molar-refractivity contribution in [1.29, 1.82) is 0 Å². The van der Waals surface area contributed by atoms with Gasteiger partial charge < -0.3 is 30.3 Å². The van der Waals surface area contributed by atoms with Crippen molar-refractivity contribution in [3.63, 3.8) is 0 Å². The molecule has 6 rings (SSSR count). The lowest BCUT2D eigenvalue weighted by Crippen LogP contribution is -2.54. The maximum atomic E-state index is 14.2. The summed E-state index contributed by atoms with van der Waals surface area (Å²) in [5.74, 6) is 2.38. The molecule has 1 heterocycles. The van der Waals surface area contributed by atoms with Crippen LogP contribution in [-0.4, -0.2) is 70.0 Å². The van der Waals surface area contributed by atoms with Crippen LogP contribution in [0.1, 0.15) is 69.5 Å². The molecule has 5 fully saturated rings. The van der Waals surface area contributed by atoms with Gasteiger partial charge in [-0.2, -0.15) is 0 Å². The van der Waals surface area contributed by atoms with Gasteiger partial charge in [0.15, 0.2) is 0 Å². The molecular formula is C31H47FN4O4. The van der Waals surface area contributed by atoms with E-state index in [1.807, 2.05) is 18.0 Å². The first-order valence-electron chi connectivity index (χ1n) is 15.3. The van der Waals surface area contributed by atoms with Gasteiger partial charge in [-0.1, -0.05) is 12.1 Å². The van der Waals surface area contributed by atoms with Gasteiger partial charge >= 0.3 is 12.1 Å².